The third-order valence-electron chi connectivity index (χ3n) is 2.50. The minimum atomic E-state index is -0.683. The van der Waals surface area contributed by atoms with Crippen LogP contribution < -0.4 is 0 Å². The minimum absolute atomic E-state index is 0.0593. The van der Waals surface area contributed by atoms with Gasteiger partial charge in [-0.05, 0) is 31.2 Å². The lowest BCUT2D eigenvalue weighted by molar-refractivity contribution is -0.117. The maximum absolute atomic E-state index is 13.8. The molecule has 96 valence electrons. The molecule has 0 bridgehead atoms. The second-order valence-corrected chi connectivity index (χ2v) is 4.68. The summed E-state index contributed by atoms with van der Waals surface area (Å²) < 4.78 is 13.8. The highest BCUT2D eigenvalue weighted by Gasteiger charge is 2.13. The zero-order valence-corrected chi connectivity index (χ0v) is 11.2. The number of carbonyl (C=O) groups excluding carboxylic acids is 2. The fourth-order valence-corrected chi connectivity index (χ4v) is 1.56. The highest BCUT2D eigenvalue weighted by Crippen LogP contribution is 2.23. The van der Waals surface area contributed by atoms with E-state index in [0.717, 1.165) is 0 Å². The Labute approximate surface area is 110 Å². The summed E-state index contributed by atoms with van der Waals surface area (Å²) in [6.45, 7) is 4.82. The summed E-state index contributed by atoms with van der Waals surface area (Å²) in [7, 11) is 0. The first-order valence-corrected chi connectivity index (χ1v) is 5.93. The molecule has 4 heteroatoms. The van der Waals surface area contributed by atoms with Crippen LogP contribution >= 0.6 is 11.6 Å². The predicted octanol–water partition coefficient (Wildman–Crippen LogP) is 3.92. The van der Waals surface area contributed by atoms with Crippen LogP contribution in [-0.2, 0) is 4.79 Å². The van der Waals surface area contributed by atoms with Crippen LogP contribution in [0.5, 0.6) is 0 Å². The molecule has 0 saturated carbocycles. The molecule has 0 aromatic heterocycles. The van der Waals surface area contributed by atoms with Gasteiger partial charge in [-0.3, -0.25) is 9.59 Å². The molecule has 0 aliphatic rings. The fourth-order valence-electron chi connectivity index (χ4n) is 1.39. The summed E-state index contributed by atoms with van der Waals surface area (Å²) in [5.41, 5.74) is 0.272. The number of rotatable bonds is 4. The Hall–Kier alpha value is -1.48. The van der Waals surface area contributed by atoms with Crippen LogP contribution in [0.2, 0.25) is 5.02 Å². The topological polar surface area (TPSA) is 34.1 Å². The summed E-state index contributed by atoms with van der Waals surface area (Å²) in [4.78, 5) is 22.8. The van der Waals surface area contributed by atoms with Gasteiger partial charge in [0.25, 0.3) is 0 Å². The van der Waals surface area contributed by atoms with E-state index in [1.54, 1.807) is 13.8 Å². The Morgan fingerprint density at radius 2 is 1.94 bits per heavy atom. The van der Waals surface area contributed by atoms with Gasteiger partial charge in [0.2, 0.25) is 0 Å². The first-order chi connectivity index (χ1) is 8.34. The molecular weight excluding hydrogens is 255 g/mol. The largest absolute Gasteiger partial charge is 0.295 e. The highest BCUT2D eigenvalue weighted by molar-refractivity contribution is 6.31. The first kappa shape index (κ1) is 14.6. The zero-order valence-electron chi connectivity index (χ0n) is 10.5. The van der Waals surface area contributed by atoms with Crippen LogP contribution in [0.4, 0.5) is 4.39 Å². The van der Waals surface area contributed by atoms with Crippen molar-refractivity contribution in [2.24, 2.45) is 5.92 Å². The van der Waals surface area contributed by atoms with Crippen molar-refractivity contribution in [3.05, 3.63) is 40.2 Å². The molecule has 1 aromatic rings. The van der Waals surface area contributed by atoms with Gasteiger partial charge in [-0.25, -0.2) is 4.39 Å². The van der Waals surface area contributed by atoms with E-state index in [2.05, 4.69) is 0 Å². The van der Waals surface area contributed by atoms with Gasteiger partial charge >= 0.3 is 0 Å². The van der Waals surface area contributed by atoms with E-state index in [9.17, 15) is 14.0 Å². The lowest BCUT2D eigenvalue weighted by atomic mass is 10.0. The molecule has 0 aliphatic heterocycles. The summed E-state index contributed by atoms with van der Waals surface area (Å²) in [6.07, 6.45) is 2.58. The van der Waals surface area contributed by atoms with Crippen molar-refractivity contribution in [2.45, 2.75) is 20.8 Å². The summed E-state index contributed by atoms with van der Waals surface area (Å²) in [5, 5.41) is -0.0726. The molecule has 0 spiro atoms. The van der Waals surface area contributed by atoms with E-state index in [4.69, 9.17) is 11.6 Å². The number of carbonyl (C=O) groups is 2. The zero-order chi connectivity index (χ0) is 13.9. The van der Waals surface area contributed by atoms with Crippen molar-refractivity contribution in [1.29, 1.82) is 0 Å². The van der Waals surface area contributed by atoms with Crippen molar-refractivity contribution in [1.82, 2.24) is 0 Å². The van der Waals surface area contributed by atoms with Gasteiger partial charge in [0.15, 0.2) is 11.6 Å². The van der Waals surface area contributed by atoms with Gasteiger partial charge in [0.1, 0.15) is 5.82 Å². The number of benzene rings is 1. The van der Waals surface area contributed by atoms with Crippen molar-refractivity contribution >= 4 is 29.2 Å². The standard InChI is InChI=1S/C14H14ClFO2/c1-8(2)13(18)7-5-11-10(9(3)17)4-6-12(15)14(11)16/h4-8H,1-3H3/b7-5+. The minimum Gasteiger partial charge on any atom is -0.295 e. The van der Waals surface area contributed by atoms with Gasteiger partial charge in [0.05, 0.1) is 5.02 Å². The lowest BCUT2D eigenvalue weighted by Crippen LogP contribution is -2.03. The maximum atomic E-state index is 13.8. The van der Waals surface area contributed by atoms with E-state index in [1.165, 1.54) is 31.2 Å². The van der Waals surface area contributed by atoms with Gasteiger partial charge < -0.3 is 0 Å². The third kappa shape index (κ3) is 3.26. The molecule has 0 amide bonds. The monoisotopic (exact) mass is 268 g/mol. The Balaban J connectivity index is 3.26. The number of allylic oxidation sites excluding steroid dienone is 1. The van der Waals surface area contributed by atoms with E-state index in [1.807, 2.05) is 0 Å². The highest BCUT2D eigenvalue weighted by atomic mass is 35.5. The SMILES string of the molecule is CC(=O)c1ccc(Cl)c(F)c1/C=C/C(=O)C(C)C. The maximum Gasteiger partial charge on any atom is 0.160 e. The molecule has 0 unspecified atom stereocenters. The lowest BCUT2D eigenvalue weighted by Gasteiger charge is -2.05. The van der Waals surface area contributed by atoms with Crippen LogP contribution in [0.15, 0.2) is 18.2 Å². The number of hydrogen-bond donors (Lipinski definition) is 0. The second-order valence-electron chi connectivity index (χ2n) is 4.27. The molecule has 18 heavy (non-hydrogen) atoms. The van der Waals surface area contributed by atoms with Crippen molar-refractivity contribution in [3.8, 4) is 0 Å². The van der Waals surface area contributed by atoms with E-state index >= 15 is 0 Å². The Morgan fingerprint density at radius 3 is 2.44 bits per heavy atom. The number of ketones is 2. The Bertz CT molecular complexity index is 519. The fraction of sp³-hybridized carbons (Fsp3) is 0.286. The van der Waals surface area contributed by atoms with Crippen molar-refractivity contribution in [2.75, 3.05) is 0 Å². The summed E-state index contributed by atoms with van der Waals surface area (Å²) in [6, 6.07) is 2.78. The Morgan fingerprint density at radius 1 is 1.33 bits per heavy atom. The first-order valence-electron chi connectivity index (χ1n) is 5.55. The average molecular weight is 269 g/mol. The van der Waals surface area contributed by atoms with Gasteiger partial charge in [-0.15, -0.1) is 0 Å². The molecule has 0 fully saturated rings. The molecule has 0 radical (unpaired) electrons. The molecule has 0 heterocycles. The molecular formula is C14H14ClFO2. The predicted molar refractivity (Wildman–Crippen MR) is 70.3 cm³/mol. The molecule has 2 nitrogen and oxygen atoms in total. The number of hydrogen-bond acceptors (Lipinski definition) is 2. The van der Waals surface area contributed by atoms with E-state index in [0.29, 0.717) is 0 Å². The summed E-state index contributed by atoms with van der Waals surface area (Å²) in [5.74, 6) is -1.27. The van der Waals surface area contributed by atoms with Crippen LogP contribution in [-0.4, -0.2) is 11.6 Å². The summed E-state index contributed by atoms with van der Waals surface area (Å²) >= 11 is 5.66. The van der Waals surface area contributed by atoms with Gasteiger partial charge in [-0.1, -0.05) is 25.4 Å². The molecule has 0 N–H and O–H groups in total. The number of halogens is 2. The molecule has 1 aromatic carbocycles. The van der Waals surface area contributed by atoms with Gasteiger partial charge in [-0.2, -0.15) is 0 Å². The van der Waals surface area contributed by atoms with Crippen molar-refractivity contribution < 1.29 is 14.0 Å². The van der Waals surface area contributed by atoms with Crippen LogP contribution in [0.25, 0.3) is 6.08 Å². The molecule has 0 atom stereocenters. The van der Waals surface area contributed by atoms with E-state index in [-0.39, 0.29) is 33.6 Å². The normalized spacial score (nSPS) is 11.2. The van der Waals surface area contributed by atoms with E-state index < -0.39 is 5.82 Å². The number of Topliss-reactive ketones (excluding diaryl/α,β-unsaturated/α-hetero) is 1. The van der Waals surface area contributed by atoms with Crippen LogP contribution in [0, 0.1) is 11.7 Å². The van der Waals surface area contributed by atoms with Gasteiger partial charge in [0, 0.05) is 17.0 Å². The van der Waals surface area contributed by atoms with Crippen LogP contribution in [0.1, 0.15) is 36.7 Å². The molecule has 0 aliphatic carbocycles. The third-order valence-corrected chi connectivity index (χ3v) is 2.79. The Kier molecular flexibility index (Phi) is 4.79. The van der Waals surface area contributed by atoms with Crippen molar-refractivity contribution in [3.63, 3.8) is 0 Å². The second kappa shape index (κ2) is 5.91. The average Bonchev–Trinajstić information content (AvgIpc) is 2.29. The van der Waals surface area contributed by atoms with Crippen LogP contribution in [0.3, 0.4) is 0 Å². The smallest absolute Gasteiger partial charge is 0.160 e. The quantitative estimate of drug-likeness (QED) is 0.613. The molecule has 1 rings (SSSR count). The molecule has 0 saturated heterocycles.